The minimum absolute atomic E-state index is 0.0278. The molecule has 2 aromatic rings. The van der Waals surface area contributed by atoms with Crippen LogP contribution in [0.5, 0.6) is 0 Å². The van der Waals surface area contributed by atoms with Crippen LogP contribution in [0.1, 0.15) is 77.5 Å². The van der Waals surface area contributed by atoms with Gasteiger partial charge in [-0.1, -0.05) is 74.5 Å². The number of benzene rings is 2. The first-order chi connectivity index (χ1) is 15.3. The van der Waals surface area contributed by atoms with Crippen LogP contribution in [0.2, 0.25) is 0 Å². The molecule has 1 N–H and O–H groups in total. The average molecular weight is 439 g/mol. The SMILES string of the molecule is CCC1(CC)CC(NC(=O)OCc2ccccc2)CC(C)(C)N1OC(C)c1ccccc1. The van der Waals surface area contributed by atoms with Crippen molar-refractivity contribution in [2.45, 2.75) is 90.1 Å². The maximum atomic E-state index is 12.5. The van der Waals surface area contributed by atoms with Crippen molar-refractivity contribution in [3.8, 4) is 0 Å². The van der Waals surface area contributed by atoms with Crippen LogP contribution in [-0.2, 0) is 16.2 Å². The van der Waals surface area contributed by atoms with Gasteiger partial charge in [-0.2, -0.15) is 5.06 Å². The number of amides is 1. The van der Waals surface area contributed by atoms with Gasteiger partial charge < -0.3 is 10.1 Å². The van der Waals surface area contributed by atoms with Crippen LogP contribution >= 0.6 is 0 Å². The maximum Gasteiger partial charge on any atom is 0.407 e. The molecule has 0 saturated carbocycles. The number of hydroxylamine groups is 2. The van der Waals surface area contributed by atoms with E-state index in [0.29, 0.717) is 0 Å². The van der Waals surface area contributed by atoms with Crippen molar-refractivity contribution >= 4 is 6.09 Å². The Morgan fingerprint density at radius 2 is 1.62 bits per heavy atom. The van der Waals surface area contributed by atoms with E-state index in [-0.39, 0.29) is 35.9 Å². The molecule has 0 bridgehead atoms. The van der Waals surface area contributed by atoms with E-state index in [4.69, 9.17) is 9.57 Å². The second-order valence-electron chi connectivity index (χ2n) is 9.51. The van der Waals surface area contributed by atoms with Gasteiger partial charge in [-0.25, -0.2) is 4.79 Å². The number of rotatable bonds is 8. The Hall–Kier alpha value is -2.37. The lowest BCUT2D eigenvalue weighted by atomic mass is 9.74. The standard InChI is InChI=1S/C27H38N2O3/c1-6-27(7-2)19-24(28-25(30)31-20-22-14-10-8-11-15-22)18-26(4,5)29(27)32-21(3)23-16-12-9-13-17-23/h8-17,21,24H,6-7,18-20H2,1-5H3,(H,28,30). The van der Waals surface area contributed by atoms with Crippen LogP contribution in [0, 0.1) is 0 Å². The third-order valence-electron chi connectivity index (χ3n) is 6.74. The zero-order chi connectivity index (χ0) is 23.2. The van der Waals surface area contributed by atoms with Crippen molar-refractivity contribution in [2.24, 2.45) is 0 Å². The zero-order valence-electron chi connectivity index (χ0n) is 20.1. The highest BCUT2D eigenvalue weighted by molar-refractivity contribution is 5.67. The van der Waals surface area contributed by atoms with Crippen molar-refractivity contribution in [3.05, 3.63) is 71.8 Å². The van der Waals surface area contributed by atoms with Gasteiger partial charge in [0.25, 0.3) is 0 Å². The van der Waals surface area contributed by atoms with Gasteiger partial charge >= 0.3 is 6.09 Å². The van der Waals surface area contributed by atoms with E-state index < -0.39 is 0 Å². The fourth-order valence-electron chi connectivity index (χ4n) is 5.00. The summed E-state index contributed by atoms with van der Waals surface area (Å²) in [5, 5.41) is 5.36. The first-order valence-corrected chi connectivity index (χ1v) is 11.8. The summed E-state index contributed by atoms with van der Waals surface area (Å²) in [4.78, 5) is 19.2. The molecule has 1 amide bonds. The Balaban J connectivity index is 1.69. The van der Waals surface area contributed by atoms with Crippen LogP contribution in [0.4, 0.5) is 4.79 Å². The molecule has 3 rings (SSSR count). The van der Waals surface area contributed by atoms with Gasteiger partial charge in [-0.15, -0.1) is 0 Å². The van der Waals surface area contributed by atoms with Crippen LogP contribution in [-0.4, -0.2) is 28.3 Å². The molecule has 2 unspecified atom stereocenters. The lowest BCUT2D eigenvalue weighted by molar-refractivity contribution is -0.316. The largest absolute Gasteiger partial charge is 0.445 e. The van der Waals surface area contributed by atoms with Gasteiger partial charge in [0, 0.05) is 17.1 Å². The fraction of sp³-hybridized carbons (Fsp3) is 0.519. The molecule has 0 aliphatic carbocycles. The van der Waals surface area contributed by atoms with Crippen LogP contribution in [0.25, 0.3) is 0 Å². The molecule has 32 heavy (non-hydrogen) atoms. The minimum Gasteiger partial charge on any atom is -0.445 e. The van der Waals surface area contributed by atoms with E-state index in [0.717, 1.165) is 36.8 Å². The van der Waals surface area contributed by atoms with Crippen molar-refractivity contribution < 1.29 is 14.4 Å². The molecule has 0 spiro atoms. The Labute approximate surface area is 193 Å². The third-order valence-corrected chi connectivity index (χ3v) is 6.74. The van der Waals surface area contributed by atoms with Gasteiger partial charge in [0.15, 0.2) is 0 Å². The Bertz CT molecular complexity index is 850. The number of hydrogen-bond acceptors (Lipinski definition) is 4. The molecule has 5 heteroatoms. The Morgan fingerprint density at radius 1 is 1.03 bits per heavy atom. The molecule has 2 aromatic carbocycles. The summed E-state index contributed by atoms with van der Waals surface area (Å²) in [5.41, 5.74) is 1.74. The van der Waals surface area contributed by atoms with Crippen LogP contribution < -0.4 is 5.32 Å². The minimum atomic E-state index is -0.359. The number of alkyl carbamates (subject to hydrolysis) is 1. The Morgan fingerprint density at radius 3 is 2.22 bits per heavy atom. The van der Waals surface area contributed by atoms with Crippen molar-refractivity contribution in [3.63, 3.8) is 0 Å². The molecule has 1 aliphatic rings. The summed E-state index contributed by atoms with van der Waals surface area (Å²) in [5.74, 6) is 0. The topological polar surface area (TPSA) is 50.8 Å². The number of nitrogens with zero attached hydrogens (tertiary/aromatic N) is 1. The second kappa shape index (κ2) is 10.5. The Kier molecular flexibility index (Phi) is 7.96. The van der Waals surface area contributed by atoms with Gasteiger partial charge in [-0.3, -0.25) is 4.84 Å². The van der Waals surface area contributed by atoms with Gasteiger partial charge in [0.1, 0.15) is 12.7 Å². The fourth-order valence-corrected chi connectivity index (χ4v) is 5.00. The van der Waals surface area contributed by atoms with E-state index in [1.165, 1.54) is 0 Å². The molecule has 1 fully saturated rings. The number of nitrogens with one attached hydrogen (secondary N) is 1. The molecular formula is C27H38N2O3. The predicted octanol–water partition coefficient (Wildman–Crippen LogP) is 6.41. The number of ether oxygens (including phenoxy) is 1. The molecule has 5 nitrogen and oxygen atoms in total. The highest BCUT2D eigenvalue weighted by Gasteiger charge is 2.50. The summed E-state index contributed by atoms with van der Waals surface area (Å²) in [6.07, 6.45) is 3.08. The highest BCUT2D eigenvalue weighted by atomic mass is 16.7. The number of carbonyl (C=O) groups is 1. The lowest BCUT2D eigenvalue weighted by Gasteiger charge is -2.57. The second-order valence-corrected chi connectivity index (χ2v) is 9.51. The predicted molar refractivity (Wildman–Crippen MR) is 128 cm³/mol. The molecule has 1 aliphatic heterocycles. The third kappa shape index (κ3) is 5.70. The molecule has 174 valence electrons. The summed E-state index contributed by atoms with van der Waals surface area (Å²) in [7, 11) is 0. The first kappa shape index (κ1) is 24.3. The monoisotopic (exact) mass is 438 g/mol. The lowest BCUT2D eigenvalue weighted by Crippen LogP contribution is -2.66. The van der Waals surface area contributed by atoms with Crippen molar-refractivity contribution in [1.82, 2.24) is 10.4 Å². The number of piperidine rings is 1. The van der Waals surface area contributed by atoms with E-state index in [2.05, 4.69) is 57.1 Å². The normalized spacial score (nSPS) is 21.0. The van der Waals surface area contributed by atoms with Gasteiger partial charge in [0.2, 0.25) is 0 Å². The maximum absolute atomic E-state index is 12.5. The summed E-state index contributed by atoms with van der Waals surface area (Å²) >= 11 is 0. The zero-order valence-corrected chi connectivity index (χ0v) is 20.1. The van der Waals surface area contributed by atoms with Gasteiger partial charge in [-0.05, 0) is 57.6 Å². The molecule has 2 atom stereocenters. The van der Waals surface area contributed by atoms with Crippen molar-refractivity contribution in [1.29, 1.82) is 0 Å². The first-order valence-electron chi connectivity index (χ1n) is 11.8. The van der Waals surface area contributed by atoms with E-state index >= 15 is 0 Å². The van der Waals surface area contributed by atoms with E-state index in [9.17, 15) is 4.79 Å². The van der Waals surface area contributed by atoms with E-state index in [1.54, 1.807) is 0 Å². The molecule has 0 radical (unpaired) electrons. The van der Waals surface area contributed by atoms with Gasteiger partial charge in [0.05, 0.1) is 0 Å². The molecule has 0 aromatic heterocycles. The average Bonchev–Trinajstić information content (AvgIpc) is 2.80. The van der Waals surface area contributed by atoms with Crippen LogP contribution in [0.15, 0.2) is 60.7 Å². The summed E-state index contributed by atoms with van der Waals surface area (Å²) < 4.78 is 5.49. The van der Waals surface area contributed by atoms with E-state index in [1.807, 2.05) is 48.5 Å². The quantitative estimate of drug-likeness (QED) is 0.517. The highest BCUT2D eigenvalue weighted by Crippen LogP contribution is 2.44. The molecule has 1 saturated heterocycles. The molecular weight excluding hydrogens is 400 g/mol. The van der Waals surface area contributed by atoms with Crippen LogP contribution in [0.3, 0.4) is 0 Å². The number of hydrogen-bond donors (Lipinski definition) is 1. The number of carbonyl (C=O) groups excluding carboxylic acids is 1. The summed E-state index contributed by atoms with van der Waals surface area (Å²) in [6, 6.07) is 20.1. The van der Waals surface area contributed by atoms with Crippen molar-refractivity contribution in [2.75, 3.05) is 0 Å². The smallest absolute Gasteiger partial charge is 0.407 e. The summed E-state index contributed by atoms with van der Waals surface area (Å²) in [6.45, 7) is 11.2. The molecule has 1 heterocycles.